The van der Waals surface area contributed by atoms with Crippen molar-refractivity contribution >= 4 is 102 Å². The van der Waals surface area contributed by atoms with Crippen molar-refractivity contribution in [3.8, 4) is 33.4 Å². The van der Waals surface area contributed by atoms with Crippen LogP contribution in [0.15, 0.2) is 205 Å². The molecule has 3 heterocycles. The Morgan fingerprint density at radius 1 is 0.310 bits per heavy atom. The van der Waals surface area contributed by atoms with Gasteiger partial charge >= 0.3 is 0 Å². The third-order valence-corrected chi connectivity index (χ3v) is 13.8. The summed E-state index contributed by atoms with van der Waals surface area (Å²) in [6, 6.07) is 72.7. The van der Waals surface area contributed by atoms with Gasteiger partial charge in [0.2, 0.25) is 0 Å². The van der Waals surface area contributed by atoms with Gasteiger partial charge in [-0.1, -0.05) is 127 Å². The Morgan fingerprint density at radius 3 is 1.50 bits per heavy atom. The van der Waals surface area contributed by atoms with Crippen molar-refractivity contribution < 1.29 is 4.42 Å². The number of benzene rings is 9. The Morgan fingerprint density at radius 2 is 0.793 bits per heavy atom. The fourth-order valence-corrected chi connectivity index (χ4v) is 11.0. The van der Waals surface area contributed by atoms with E-state index in [9.17, 15) is 0 Å². The Hall–Kier alpha value is -6.98. The molecule has 3 aromatic heterocycles. The molecule has 0 fully saturated rings. The van der Waals surface area contributed by atoms with E-state index in [1.54, 1.807) is 0 Å². The minimum Gasteiger partial charge on any atom is -0.456 e. The summed E-state index contributed by atoms with van der Waals surface area (Å²) in [6.45, 7) is 0. The van der Waals surface area contributed by atoms with Crippen molar-refractivity contribution in [3.63, 3.8) is 0 Å². The van der Waals surface area contributed by atoms with E-state index in [0.717, 1.165) is 44.6 Å². The van der Waals surface area contributed by atoms with E-state index < -0.39 is 0 Å². The molecule has 0 amide bonds. The number of rotatable bonds is 6. The first kappa shape index (κ1) is 33.2. The number of hydrogen-bond acceptors (Lipinski definition) is 4. The minimum atomic E-state index is 0.905. The molecular weight excluding hydrogens is 743 g/mol. The lowest BCUT2D eigenvalue weighted by molar-refractivity contribution is 0.669. The Labute approximate surface area is 343 Å². The maximum atomic E-state index is 6.24. The van der Waals surface area contributed by atoms with Gasteiger partial charge in [-0.2, -0.15) is 0 Å². The third kappa shape index (κ3) is 5.37. The van der Waals surface area contributed by atoms with E-state index >= 15 is 0 Å². The maximum absolute atomic E-state index is 6.24. The zero-order valence-corrected chi connectivity index (χ0v) is 32.9. The second-order valence-corrected chi connectivity index (χ2v) is 17.0. The summed E-state index contributed by atoms with van der Waals surface area (Å²) in [4.78, 5) is 2.36. The normalized spacial score (nSPS) is 11.8. The number of para-hydroxylation sites is 1. The Kier molecular flexibility index (Phi) is 7.62. The van der Waals surface area contributed by atoms with Crippen molar-refractivity contribution in [2.75, 3.05) is 4.90 Å². The lowest BCUT2D eigenvalue weighted by Gasteiger charge is -2.26. The van der Waals surface area contributed by atoms with Gasteiger partial charge in [0.15, 0.2) is 0 Å². The molecule has 0 N–H and O–H groups in total. The fourth-order valence-electron chi connectivity index (χ4n) is 8.77. The predicted molar refractivity (Wildman–Crippen MR) is 250 cm³/mol. The highest BCUT2D eigenvalue weighted by Gasteiger charge is 2.17. The van der Waals surface area contributed by atoms with E-state index in [0.29, 0.717) is 0 Å². The summed E-state index contributed by atoms with van der Waals surface area (Å²) in [7, 11) is 0. The molecule has 0 aliphatic heterocycles. The van der Waals surface area contributed by atoms with Crippen molar-refractivity contribution in [3.05, 3.63) is 200 Å². The summed E-state index contributed by atoms with van der Waals surface area (Å²) >= 11 is 3.72. The second kappa shape index (κ2) is 13.3. The molecule has 9 aromatic carbocycles. The lowest BCUT2D eigenvalue weighted by atomic mass is 9.98. The molecule has 0 saturated carbocycles. The number of thiophene rings is 2. The SMILES string of the molecule is c1ccc2c(c1)oc1cccc(-c3ccc(N(c4ccc(-c5ccc6c(c5)sc5ccccc56)cc4)c4ccc(-c5cccc6sc7ccccc7c56)cc4)cc3)c12. The lowest BCUT2D eigenvalue weighted by Crippen LogP contribution is -2.09. The molecule has 58 heavy (non-hydrogen) atoms. The van der Waals surface area contributed by atoms with Crippen molar-refractivity contribution in [1.82, 2.24) is 0 Å². The van der Waals surface area contributed by atoms with Crippen LogP contribution in [0.25, 0.3) is 95.7 Å². The zero-order valence-electron chi connectivity index (χ0n) is 31.2. The molecule has 0 aliphatic rings. The highest BCUT2D eigenvalue weighted by molar-refractivity contribution is 7.26. The van der Waals surface area contributed by atoms with Crippen molar-refractivity contribution in [2.45, 2.75) is 0 Å². The Bertz CT molecular complexity index is 3340. The molecule has 0 unspecified atom stereocenters. The van der Waals surface area contributed by atoms with Gasteiger partial charge in [0, 0.05) is 68.2 Å². The predicted octanol–water partition coefficient (Wildman–Crippen LogP) is 16.8. The average molecular weight is 776 g/mol. The van der Waals surface area contributed by atoms with Crippen LogP contribution in [0.3, 0.4) is 0 Å². The molecule has 0 saturated heterocycles. The molecule has 4 heteroatoms. The van der Waals surface area contributed by atoms with Crippen LogP contribution in [0.4, 0.5) is 17.1 Å². The standard InChI is InChI=1S/C54H33NOS2/c1-4-14-47-45(10-1)53-41(12-7-15-48(53)56-47)35-21-28-39(29-22-35)55(38-26-19-34(20-27-38)37-25-32-44-43-9-2-5-16-49(43)58-52(44)33-37)40-30-23-36(24-31-40)42-13-8-18-51-54(42)46-11-3-6-17-50(46)57-51/h1-33H. The van der Waals surface area contributed by atoms with Crippen LogP contribution in [0.5, 0.6) is 0 Å². The summed E-state index contributed by atoms with van der Waals surface area (Å²) in [6.07, 6.45) is 0. The number of fused-ring (bicyclic) bond motifs is 9. The van der Waals surface area contributed by atoms with Crippen LogP contribution in [0, 0.1) is 0 Å². The summed E-state index contributed by atoms with van der Waals surface area (Å²) in [5, 5.41) is 7.57. The molecule has 272 valence electrons. The number of nitrogens with zero attached hydrogens (tertiary/aromatic N) is 1. The van der Waals surface area contributed by atoms with E-state index in [2.05, 4.69) is 193 Å². The molecule has 0 spiro atoms. The highest BCUT2D eigenvalue weighted by atomic mass is 32.1. The van der Waals surface area contributed by atoms with Crippen LogP contribution in [-0.2, 0) is 0 Å². The van der Waals surface area contributed by atoms with Crippen LogP contribution < -0.4 is 4.90 Å². The smallest absolute Gasteiger partial charge is 0.136 e. The molecule has 0 radical (unpaired) electrons. The topological polar surface area (TPSA) is 16.4 Å². The maximum Gasteiger partial charge on any atom is 0.136 e. The van der Waals surface area contributed by atoms with Gasteiger partial charge in [-0.05, 0) is 106 Å². The van der Waals surface area contributed by atoms with Crippen molar-refractivity contribution in [1.29, 1.82) is 0 Å². The van der Waals surface area contributed by atoms with E-state index in [-0.39, 0.29) is 0 Å². The van der Waals surface area contributed by atoms with Crippen molar-refractivity contribution in [2.24, 2.45) is 0 Å². The first-order valence-corrected chi connectivity index (χ1v) is 21.2. The number of hydrogen-bond donors (Lipinski definition) is 0. The van der Waals surface area contributed by atoms with Gasteiger partial charge < -0.3 is 9.32 Å². The largest absolute Gasteiger partial charge is 0.456 e. The quantitative estimate of drug-likeness (QED) is 0.167. The second-order valence-electron chi connectivity index (χ2n) is 14.8. The van der Waals surface area contributed by atoms with E-state index in [4.69, 9.17) is 4.42 Å². The van der Waals surface area contributed by atoms with Crippen LogP contribution in [0.1, 0.15) is 0 Å². The van der Waals surface area contributed by atoms with E-state index in [1.807, 2.05) is 34.8 Å². The van der Waals surface area contributed by atoms with Gasteiger partial charge in [-0.3, -0.25) is 0 Å². The van der Waals surface area contributed by atoms with Gasteiger partial charge in [0.05, 0.1) is 0 Å². The summed E-state index contributed by atoms with van der Waals surface area (Å²) < 4.78 is 11.5. The molecule has 0 atom stereocenters. The van der Waals surface area contributed by atoms with Crippen LogP contribution >= 0.6 is 22.7 Å². The zero-order chi connectivity index (χ0) is 38.2. The van der Waals surface area contributed by atoms with Gasteiger partial charge in [0.25, 0.3) is 0 Å². The molecule has 0 bridgehead atoms. The van der Waals surface area contributed by atoms with Crippen LogP contribution in [-0.4, -0.2) is 0 Å². The molecular formula is C54H33NOS2. The summed E-state index contributed by atoms with van der Waals surface area (Å²) in [5.74, 6) is 0. The fraction of sp³-hybridized carbons (Fsp3) is 0. The Balaban J connectivity index is 0.951. The highest BCUT2D eigenvalue weighted by Crippen LogP contribution is 2.43. The van der Waals surface area contributed by atoms with Gasteiger partial charge in [0.1, 0.15) is 11.2 Å². The van der Waals surface area contributed by atoms with Crippen LogP contribution in [0.2, 0.25) is 0 Å². The number of furan rings is 1. The first-order valence-electron chi connectivity index (χ1n) is 19.6. The average Bonchev–Trinajstić information content (AvgIpc) is 3.98. The first-order chi connectivity index (χ1) is 28.7. The molecule has 2 nitrogen and oxygen atoms in total. The molecule has 12 aromatic rings. The molecule has 0 aliphatic carbocycles. The van der Waals surface area contributed by atoms with E-state index in [1.165, 1.54) is 68.2 Å². The number of anilines is 3. The third-order valence-electron chi connectivity index (χ3n) is 11.5. The minimum absolute atomic E-state index is 0.905. The monoisotopic (exact) mass is 775 g/mol. The van der Waals surface area contributed by atoms with Gasteiger partial charge in [-0.15, -0.1) is 22.7 Å². The summed E-state index contributed by atoms with van der Waals surface area (Å²) in [5.41, 5.74) is 12.3. The van der Waals surface area contributed by atoms with Gasteiger partial charge in [-0.25, -0.2) is 0 Å². The molecule has 12 rings (SSSR count).